The standard InChI is InChI=1S/C36H32IN3O8/c1-18-9-11-21(12-10-18)38-40-32(43)25-17-24-22(13-14-23-28(24)33(44)39(31(23)42)35(46)48-3)29(19-15-26(37)30(41)27(16-19)47-2)36(25,34(40)45)20-7-5-4-6-8-20/h4-13,15-16,23-25,28-29,38,41H,14,17H2,1-3H3. The van der Waals surface area contributed by atoms with Gasteiger partial charge in [-0.05, 0) is 83.7 Å². The Balaban J connectivity index is 1.47. The minimum absolute atomic E-state index is 0.0704. The number of aromatic hydroxyl groups is 1. The predicted octanol–water partition coefficient (Wildman–Crippen LogP) is 5.07. The van der Waals surface area contributed by atoms with Gasteiger partial charge in [-0.1, -0.05) is 59.7 Å². The van der Waals surface area contributed by atoms with E-state index in [0.29, 0.717) is 30.9 Å². The first-order valence-corrected chi connectivity index (χ1v) is 16.6. The maximum Gasteiger partial charge on any atom is 0.423 e. The summed E-state index contributed by atoms with van der Waals surface area (Å²) in [6.45, 7) is 1.94. The van der Waals surface area contributed by atoms with Gasteiger partial charge in [0.15, 0.2) is 11.5 Å². The van der Waals surface area contributed by atoms with Gasteiger partial charge in [0.2, 0.25) is 11.8 Å². The molecule has 48 heavy (non-hydrogen) atoms. The van der Waals surface area contributed by atoms with Gasteiger partial charge >= 0.3 is 6.09 Å². The number of carbonyl (C=O) groups is 5. The average Bonchev–Trinajstić information content (AvgIpc) is 3.47. The van der Waals surface area contributed by atoms with Crippen molar-refractivity contribution in [3.63, 3.8) is 0 Å². The van der Waals surface area contributed by atoms with Crippen molar-refractivity contribution in [3.8, 4) is 11.5 Å². The SMILES string of the molecule is COC(=O)N1C(=O)C2CC=C3C(CC4C(=O)N(Nc5ccc(C)cc5)C(=O)C4(c4ccccc4)C3c3cc(I)c(O)c(OC)c3)C2C1=O. The molecule has 6 atom stereocenters. The molecule has 2 aliphatic carbocycles. The first kappa shape index (κ1) is 31.9. The van der Waals surface area contributed by atoms with Crippen LogP contribution in [-0.2, 0) is 29.3 Å². The average molecular weight is 762 g/mol. The summed E-state index contributed by atoms with van der Waals surface area (Å²) in [5.74, 6) is -6.35. The second kappa shape index (κ2) is 11.8. The van der Waals surface area contributed by atoms with E-state index in [2.05, 4.69) is 5.43 Å². The van der Waals surface area contributed by atoms with Gasteiger partial charge in [0.25, 0.3) is 11.8 Å². The molecule has 2 aliphatic heterocycles. The van der Waals surface area contributed by atoms with E-state index in [0.717, 1.165) is 17.7 Å². The molecule has 0 radical (unpaired) electrons. The van der Waals surface area contributed by atoms with Crippen molar-refractivity contribution in [1.82, 2.24) is 9.91 Å². The molecular formula is C36H32IN3O8. The Kier molecular flexibility index (Phi) is 7.80. The molecule has 3 aromatic rings. The fourth-order valence-corrected chi connectivity index (χ4v) is 8.93. The Morgan fingerprint density at radius 1 is 0.958 bits per heavy atom. The largest absolute Gasteiger partial charge is 0.504 e. The number of phenolic OH excluding ortho intramolecular Hbond substituents is 1. The Morgan fingerprint density at radius 2 is 1.67 bits per heavy atom. The zero-order chi connectivity index (χ0) is 34.1. The topological polar surface area (TPSA) is 143 Å². The predicted molar refractivity (Wildman–Crippen MR) is 180 cm³/mol. The quantitative estimate of drug-likeness (QED) is 0.207. The van der Waals surface area contributed by atoms with Gasteiger partial charge in [-0.3, -0.25) is 24.6 Å². The van der Waals surface area contributed by atoms with Gasteiger partial charge in [-0.2, -0.15) is 9.91 Å². The molecule has 7 rings (SSSR count). The molecule has 6 unspecified atom stereocenters. The highest BCUT2D eigenvalue weighted by atomic mass is 127. The Labute approximate surface area is 290 Å². The Bertz CT molecular complexity index is 1910. The number of carbonyl (C=O) groups excluding carboxylic acids is 5. The number of allylic oxidation sites excluding steroid dienone is 2. The number of nitrogens with zero attached hydrogens (tertiary/aromatic N) is 2. The van der Waals surface area contributed by atoms with E-state index < -0.39 is 64.7 Å². The number of anilines is 1. The van der Waals surface area contributed by atoms with Crippen LogP contribution in [-0.4, -0.2) is 59.0 Å². The molecular weight excluding hydrogens is 729 g/mol. The first-order chi connectivity index (χ1) is 23.0. The number of likely N-dealkylation sites (tertiary alicyclic amines) is 1. The summed E-state index contributed by atoms with van der Waals surface area (Å²) in [5.41, 5.74) is 5.05. The number of amides is 5. The molecule has 0 aromatic heterocycles. The van der Waals surface area contributed by atoms with E-state index in [4.69, 9.17) is 9.47 Å². The summed E-state index contributed by atoms with van der Waals surface area (Å²) < 4.78 is 10.8. The summed E-state index contributed by atoms with van der Waals surface area (Å²) in [7, 11) is 2.54. The molecule has 2 saturated heterocycles. The molecule has 1 saturated carbocycles. The maximum atomic E-state index is 15.2. The number of nitrogens with one attached hydrogen (secondary N) is 1. The molecule has 3 aromatic carbocycles. The smallest absolute Gasteiger partial charge is 0.423 e. The van der Waals surface area contributed by atoms with Crippen molar-refractivity contribution < 1.29 is 38.6 Å². The fraction of sp³-hybridized carbons (Fsp3) is 0.306. The van der Waals surface area contributed by atoms with Crippen molar-refractivity contribution in [3.05, 3.63) is 98.6 Å². The van der Waals surface area contributed by atoms with Crippen LogP contribution in [0, 0.1) is 34.2 Å². The van der Waals surface area contributed by atoms with E-state index in [1.165, 1.54) is 7.11 Å². The van der Waals surface area contributed by atoms with Gasteiger partial charge < -0.3 is 14.6 Å². The number of aryl methyl sites for hydroxylation is 1. The van der Waals surface area contributed by atoms with Gasteiger partial charge in [0, 0.05) is 5.92 Å². The third-order valence-corrected chi connectivity index (χ3v) is 11.2. The maximum absolute atomic E-state index is 15.2. The number of methoxy groups -OCH3 is 2. The highest BCUT2D eigenvalue weighted by Crippen LogP contribution is 2.64. The normalized spacial score (nSPS) is 27.7. The third kappa shape index (κ3) is 4.48. The van der Waals surface area contributed by atoms with Crippen molar-refractivity contribution in [2.24, 2.45) is 23.7 Å². The lowest BCUT2D eigenvalue weighted by Gasteiger charge is -2.50. The van der Waals surface area contributed by atoms with Crippen LogP contribution in [0.2, 0.25) is 0 Å². The van der Waals surface area contributed by atoms with Gasteiger partial charge in [-0.25, -0.2) is 4.79 Å². The van der Waals surface area contributed by atoms with Crippen LogP contribution < -0.4 is 10.2 Å². The van der Waals surface area contributed by atoms with Crippen molar-refractivity contribution in [2.75, 3.05) is 19.6 Å². The number of benzene rings is 3. The van der Waals surface area contributed by atoms with E-state index in [1.807, 2.05) is 78.1 Å². The second-order valence-electron chi connectivity index (χ2n) is 12.6. The number of hydrogen-bond donors (Lipinski definition) is 2. The highest BCUT2D eigenvalue weighted by molar-refractivity contribution is 14.1. The molecule has 12 heteroatoms. The lowest BCUT2D eigenvalue weighted by molar-refractivity contribution is -0.140. The number of rotatable bonds is 5. The highest BCUT2D eigenvalue weighted by Gasteiger charge is 2.70. The summed E-state index contributed by atoms with van der Waals surface area (Å²) in [4.78, 5) is 70.4. The molecule has 0 spiro atoms. The summed E-state index contributed by atoms with van der Waals surface area (Å²) in [6.07, 6.45) is 1.07. The number of hydrazine groups is 1. The molecule has 2 N–H and O–H groups in total. The van der Waals surface area contributed by atoms with Crippen LogP contribution in [0.25, 0.3) is 0 Å². The zero-order valence-electron chi connectivity index (χ0n) is 26.3. The zero-order valence-corrected chi connectivity index (χ0v) is 28.5. The molecule has 11 nitrogen and oxygen atoms in total. The fourth-order valence-electron chi connectivity index (χ4n) is 8.31. The van der Waals surface area contributed by atoms with Crippen LogP contribution in [0.1, 0.15) is 35.4 Å². The summed E-state index contributed by atoms with van der Waals surface area (Å²) in [6, 6.07) is 19.9. The van der Waals surface area contributed by atoms with Crippen LogP contribution in [0.3, 0.4) is 0 Å². The number of imide groups is 4. The van der Waals surface area contributed by atoms with Crippen LogP contribution in [0.5, 0.6) is 11.5 Å². The van der Waals surface area contributed by atoms with Crippen molar-refractivity contribution >= 4 is 58.0 Å². The van der Waals surface area contributed by atoms with E-state index in [1.54, 1.807) is 24.3 Å². The molecule has 4 aliphatic rings. The lowest BCUT2D eigenvalue weighted by atomic mass is 9.49. The number of fused-ring (bicyclic) bond motifs is 4. The van der Waals surface area contributed by atoms with E-state index in [-0.39, 0.29) is 24.3 Å². The third-order valence-electron chi connectivity index (χ3n) is 10.4. The first-order valence-electron chi connectivity index (χ1n) is 15.5. The Hall–Kier alpha value is -4.72. The number of phenols is 1. The molecule has 5 amide bonds. The van der Waals surface area contributed by atoms with Crippen LogP contribution >= 0.6 is 22.6 Å². The van der Waals surface area contributed by atoms with E-state index in [9.17, 15) is 24.3 Å². The van der Waals surface area contributed by atoms with Crippen molar-refractivity contribution in [2.45, 2.75) is 31.1 Å². The van der Waals surface area contributed by atoms with Crippen LogP contribution in [0.15, 0.2) is 78.4 Å². The molecule has 0 bridgehead atoms. The van der Waals surface area contributed by atoms with Gasteiger partial charge in [-0.15, -0.1) is 0 Å². The second-order valence-corrected chi connectivity index (χ2v) is 13.8. The molecule has 246 valence electrons. The van der Waals surface area contributed by atoms with E-state index >= 15 is 4.79 Å². The van der Waals surface area contributed by atoms with Gasteiger partial charge in [0.05, 0.1) is 46.6 Å². The minimum Gasteiger partial charge on any atom is -0.504 e. The monoisotopic (exact) mass is 761 g/mol. The van der Waals surface area contributed by atoms with Crippen LogP contribution in [0.4, 0.5) is 10.5 Å². The number of halogens is 1. The summed E-state index contributed by atoms with van der Waals surface area (Å²) >= 11 is 2.00. The lowest BCUT2D eigenvalue weighted by Crippen LogP contribution is -2.53. The number of ether oxygens (including phenoxy) is 2. The number of hydrogen-bond acceptors (Lipinski definition) is 9. The van der Waals surface area contributed by atoms with Crippen molar-refractivity contribution in [1.29, 1.82) is 0 Å². The molecule has 2 heterocycles. The van der Waals surface area contributed by atoms with Gasteiger partial charge in [0.1, 0.15) is 0 Å². The summed E-state index contributed by atoms with van der Waals surface area (Å²) in [5, 5.41) is 11.9. The minimum atomic E-state index is -1.48. The Morgan fingerprint density at radius 3 is 2.33 bits per heavy atom. The molecule has 3 fully saturated rings.